The van der Waals surface area contributed by atoms with Crippen LogP contribution in [0.4, 0.5) is 4.39 Å². The first-order valence-corrected chi connectivity index (χ1v) is 9.32. The number of nitrogens with one attached hydrogen (secondary N) is 2. The Kier molecular flexibility index (Phi) is 5.06. The maximum absolute atomic E-state index is 13.0. The van der Waals surface area contributed by atoms with Crippen molar-refractivity contribution in [2.75, 3.05) is 13.1 Å². The quantitative estimate of drug-likeness (QED) is 0.688. The fraction of sp³-hybridized carbons (Fsp3) is 0.286. The van der Waals surface area contributed by atoms with Crippen molar-refractivity contribution in [1.29, 1.82) is 0 Å². The van der Waals surface area contributed by atoms with Crippen LogP contribution in [0.3, 0.4) is 0 Å². The summed E-state index contributed by atoms with van der Waals surface area (Å²) in [5, 5.41) is 11.0. The number of hydrogen-bond acceptors (Lipinski definition) is 3. The summed E-state index contributed by atoms with van der Waals surface area (Å²) < 4.78 is 13.0. The van der Waals surface area contributed by atoms with Crippen LogP contribution in [0.5, 0.6) is 0 Å². The van der Waals surface area contributed by atoms with Gasteiger partial charge in [0, 0.05) is 24.9 Å². The number of aromatic amines is 1. The highest BCUT2D eigenvalue weighted by Crippen LogP contribution is 2.16. The molecule has 3 aromatic rings. The molecule has 0 radical (unpaired) electrons. The van der Waals surface area contributed by atoms with Crippen LogP contribution in [0.15, 0.2) is 48.5 Å². The summed E-state index contributed by atoms with van der Waals surface area (Å²) in [6.07, 6.45) is 1.16. The second-order valence-corrected chi connectivity index (χ2v) is 7.08. The smallest absolute Gasteiger partial charge is 0.226 e. The van der Waals surface area contributed by atoms with Gasteiger partial charge >= 0.3 is 0 Å². The van der Waals surface area contributed by atoms with Gasteiger partial charge in [-0.3, -0.25) is 14.7 Å². The van der Waals surface area contributed by atoms with Crippen LogP contribution in [0.25, 0.3) is 10.9 Å². The van der Waals surface area contributed by atoms with E-state index < -0.39 is 0 Å². The van der Waals surface area contributed by atoms with Crippen LogP contribution in [-0.4, -0.2) is 46.0 Å². The van der Waals surface area contributed by atoms with E-state index in [0.717, 1.165) is 22.2 Å². The molecule has 7 heteroatoms. The summed E-state index contributed by atoms with van der Waals surface area (Å²) in [5.74, 6) is -0.374. The van der Waals surface area contributed by atoms with E-state index in [-0.39, 0.29) is 30.1 Å². The lowest BCUT2D eigenvalue weighted by Gasteiger charge is -2.17. The number of aromatic nitrogens is 2. The molecule has 2 N–H and O–H groups in total. The highest BCUT2D eigenvalue weighted by Gasteiger charge is 2.30. The number of likely N-dealkylation sites (tertiary alicyclic amines) is 1. The Balaban J connectivity index is 1.30. The van der Waals surface area contributed by atoms with Crippen LogP contribution < -0.4 is 5.32 Å². The van der Waals surface area contributed by atoms with E-state index in [2.05, 4.69) is 15.5 Å². The van der Waals surface area contributed by atoms with E-state index in [0.29, 0.717) is 25.9 Å². The van der Waals surface area contributed by atoms with E-state index in [1.54, 1.807) is 17.0 Å². The van der Waals surface area contributed by atoms with Gasteiger partial charge in [0.05, 0.1) is 23.7 Å². The standard InChI is InChI=1S/C21H21FN4O2/c22-15-7-5-14(6-8-15)9-10-26-13-16(11-21(26)28)23-20(27)12-19-17-3-1-2-4-18(17)24-25-19/h1-8,16H,9-13H2,(H,23,27)(H,24,25)/t16-/m0/s1. The van der Waals surface area contributed by atoms with Gasteiger partial charge in [-0.2, -0.15) is 5.10 Å². The van der Waals surface area contributed by atoms with Gasteiger partial charge in [-0.15, -0.1) is 0 Å². The second-order valence-electron chi connectivity index (χ2n) is 7.08. The SMILES string of the molecule is O=C(Cc1[nH]nc2ccccc12)N[C@H]1CC(=O)N(CCc2ccc(F)cc2)C1. The third-order valence-corrected chi connectivity index (χ3v) is 5.04. The Morgan fingerprint density at radius 1 is 1.21 bits per heavy atom. The zero-order chi connectivity index (χ0) is 19.5. The van der Waals surface area contributed by atoms with E-state index in [1.807, 2.05) is 24.3 Å². The minimum absolute atomic E-state index is 0.0272. The van der Waals surface area contributed by atoms with Crippen molar-refractivity contribution < 1.29 is 14.0 Å². The summed E-state index contributed by atoms with van der Waals surface area (Å²) in [5.41, 5.74) is 2.58. The lowest BCUT2D eigenvalue weighted by molar-refractivity contribution is -0.127. The molecule has 0 saturated carbocycles. The monoisotopic (exact) mass is 380 g/mol. The Morgan fingerprint density at radius 2 is 2.00 bits per heavy atom. The minimum atomic E-state index is -0.270. The maximum Gasteiger partial charge on any atom is 0.226 e. The molecule has 2 amide bonds. The Hall–Kier alpha value is -3.22. The zero-order valence-electron chi connectivity index (χ0n) is 15.3. The number of amides is 2. The largest absolute Gasteiger partial charge is 0.351 e. The van der Waals surface area contributed by atoms with Gasteiger partial charge in [-0.1, -0.05) is 30.3 Å². The summed E-state index contributed by atoms with van der Waals surface area (Å²) in [4.78, 5) is 26.4. The Bertz CT molecular complexity index is 999. The number of halogens is 1. The Labute approximate surface area is 161 Å². The second kappa shape index (κ2) is 7.80. The number of carbonyl (C=O) groups is 2. The third kappa shape index (κ3) is 4.03. The first-order valence-electron chi connectivity index (χ1n) is 9.32. The fourth-order valence-electron chi connectivity index (χ4n) is 3.59. The molecule has 0 unspecified atom stereocenters. The molecule has 0 aliphatic carbocycles. The highest BCUT2D eigenvalue weighted by molar-refractivity contribution is 5.88. The molecule has 6 nitrogen and oxygen atoms in total. The third-order valence-electron chi connectivity index (χ3n) is 5.04. The predicted octanol–water partition coefficient (Wildman–Crippen LogP) is 2.20. The van der Waals surface area contributed by atoms with Crippen LogP contribution in [0.1, 0.15) is 17.7 Å². The van der Waals surface area contributed by atoms with Crippen molar-refractivity contribution in [2.45, 2.75) is 25.3 Å². The van der Waals surface area contributed by atoms with E-state index in [4.69, 9.17) is 0 Å². The molecule has 28 heavy (non-hydrogen) atoms. The molecule has 144 valence electrons. The summed E-state index contributed by atoms with van der Waals surface area (Å²) in [6, 6.07) is 13.7. The van der Waals surface area contributed by atoms with Gasteiger partial charge < -0.3 is 10.2 Å². The molecular formula is C21H21FN4O2. The van der Waals surface area contributed by atoms with Gasteiger partial charge in [0.1, 0.15) is 5.82 Å². The first-order chi connectivity index (χ1) is 13.6. The lowest BCUT2D eigenvalue weighted by atomic mass is 10.1. The van der Waals surface area contributed by atoms with Gasteiger partial charge in [0.15, 0.2) is 0 Å². The molecule has 1 fully saturated rings. The number of rotatable bonds is 6. The molecule has 1 saturated heterocycles. The first kappa shape index (κ1) is 18.2. The van der Waals surface area contributed by atoms with E-state index >= 15 is 0 Å². The highest BCUT2D eigenvalue weighted by atomic mass is 19.1. The number of hydrogen-bond donors (Lipinski definition) is 2. The molecule has 1 aliphatic heterocycles. The van der Waals surface area contributed by atoms with Crippen LogP contribution >= 0.6 is 0 Å². The number of carbonyl (C=O) groups excluding carboxylic acids is 2. The topological polar surface area (TPSA) is 78.1 Å². The van der Waals surface area contributed by atoms with E-state index in [1.165, 1.54) is 12.1 Å². The molecule has 0 spiro atoms. The van der Waals surface area contributed by atoms with Crippen LogP contribution in [0, 0.1) is 5.82 Å². The maximum atomic E-state index is 13.0. The number of para-hydroxylation sites is 1. The molecule has 0 bridgehead atoms. The number of benzene rings is 2. The fourth-order valence-corrected chi connectivity index (χ4v) is 3.59. The van der Waals surface area contributed by atoms with Crippen LogP contribution in [-0.2, 0) is 22.4 Å². The van der Waals surface area contributed by atoms with Crippen molar-refractivity contribution in [1.82, 2.24) is 20.4 Å². The number of fused-ring (bicyclic) bond motifs is 1. The minimum Gasteiger partial charge on any atom is -0.351 e. The van der Waals surface area contributed by atoms with Crippen molar-refractivity contribution in [3.63, 3.8) is 0 Å². The molecule has 4 rings (SSSR count). The number of H-pyrrole nitrogens is 1. The Morgan fingerprint density at radius 3 is 2.82 bits per heavy atom. The van der Waals surface area contributed by atoms with Gasteiger partial charge in [0.2, 0.25) is 11.8 Å². The summed E-state index contributed by atoms with van der Waals surface area (Å²) in [7, 11) is 0. The summed E-state index contributed by atoms with van der Waals surface area (Å²) >= 11 is 0. The van der Waals surface area contributed by atoms with Crippen molar-refractivity contribution in [3.05, 3.63) is 65.6 Å². The van der Waals surface area contributed by atoms with Crippen molar-refractivity contribution in [3.8, 4) is 0 Å². The average Bonchev–Trinajstić information content (AvgIpc) is 3.24. The van der Waals surface area contributed by atoms with Gasteiger partial charge in [-0.25, -0.2) is 4.39 Å². The van der Waals surface area contributed by atoms with Crippen molar-refractivity contribution >= 4 is 22.7 Å². The molecule has 1 aliphatic rings. The molecule has 1 atom stereocenters. The predicted molar refractivity (Wildman–Crippen MR) is 103 cm³/mol. The lowest BCUT2D eigenvalue weighted by Crippen LogP contribution is -2.38. The van der Waals surface area contributed by atoms with E-state index in [9.17, 15) is 14.0 Å². The van der Waals surface area contributed by atoms with Crippen LogP contribution in [0.2, 0.25) is 0 Å². The molecular weight excluding hydrogens is 359 g/mol. The summed E-state index contributed by atoms with van der Waals surface area (Å²) in [6.45, 7) is 1.05. The van der Waals surface area contributed by atoms with Crippen molar-refractivity contribution in [2.24, 2.45) is 0 Å². The number of nitrogens with zero attached hydrogens (tertiary/aromatic N) is 2. The molecule has 2 aromatic carbocycles. The average molecular weight is 380 g/mol. The molecule has 2 heterocycles. The normalized spacial score (nSPS) is 16.7. The van der Waals surface area contributed by atoms with Gasteiger partial charge in [-0.05, 0) is 30.2 Å². The molecule has 1 aromatic heterocycles. The zero-order valence-corrected chi connectivity index (χ0v) is 15.3. The van der Waals surface area contributed by atoms with Gasteiger partial charge in [0.25, 0.3) is 0 Å².